The van der Waals surface area contributed by atoms with Crippen LogP contribution < -0.4 is 5.32 Å². The van der Waals surface area contributed by atoms with Crippen LogP contribution in [-0.2, 0) is 20.7 Å². The standard InChI is InChI=1S/C16H20N2O3/c19-15(16(20)18-8-3-4-9-18)17-11-14-13-6-2-1-5-12(13)7-10-21-14/h1-2,5-6,14H,3-4,7-11H2,(H,17,19). The largest absolute Gasteiger partial charge is 0.371 e. The Bertz CT molecular complexity index is 538. The van der Waals surface area contributed by atoms with Crippen LogP contribution >= 0.6 is 0 Å². The molecule has 0 spiro atoms. The normalized spacial score (nSPS) is 21.0. The van der Waals surface area contributed by atoms with Gasteiger partial charge in [-0.1, -0.05) is 24.3 Å². The Morgan fingerprint density at radius 1 is 1.24 bits per heavy atom. The maximum Gasteiger partial charge on any atom is 0.311 e. The smallest absolute Gasteiger partial charge is 0.311 e. The number of hydrogen-bond acceptors (Lipinski definition) is 3. The number of amides is 2. The number of likely N-dealkylation sites (tertiary alicyclic amines) is 1. The van der Waals surface area contributed by atoms with E-state index in [9.17, 15) is 9.59 Å². The zero-order valence-corrected chi connectivity index (χ0v) is 12.0. The van der Waals surface area contributed by atoms with Gasteiger partial charge in [0.2, 0.25) is 0 Å². The molecule has 0 radical (unpaired) electrons. The number of ether oxygens (including phenoxy) is 1. The summed E-state index contributed by atoms with van der Waals surface area (Å²) in [5.74, 6) is -0.944. The van der Waals surface area contributed by atoms with Gasteiger partial charge in [-0.2, -0.15) is 0 Å². The van der Waals surface area contributed by atoms with Crippen LogP contribution in [0.3, 0.4) is 0 Å². The van der Waals surface area contributed by atoms with Crippen molar-refractivity contribution in [1.29, 1.82) is 0 Å². The Morgan fingerprint density at radius 2 is 2.00 bits per heavy atom. The molecule has 3 rings (SSSR count). The third kappa shape index (κ3) is 3.08. The van der Waals surface area contributed by atoms with Crippen LogP contribution in [0, 0.1) is 0 Å². The molecule has 2 aliphatic heterocycles. The number of nitrogens with one attached hydrogen (secondary N) is 1. The van der Waals surface area contributed by atoms with Crippen molar-refractivity contribution >= 4 is 11.8 Å². The predicted octanol–water partition coefficient (Wildman–Crippen LogP) is 1.04. The topological polar surface area (TPSA) is 58.6 Å². The van der Waals surface area contributed by atoms with Gasteiger partial charge in [0.1, 0.15) is 6.10 Å². The van der Waals surface area contributed by atoms with E-state index in [1.165, 1.54) is 5.56 Å². The lowest BCUT2D eigenvalue weighted by Crippen LogP contribution is -2.43. The number of carbonyl (C=O) groups is 2. The van der Waals surface area contributed by atoms with Crippen molar-refractivity contribution in [1.82, 2.24) is 10.2 Å². The maximum atomic E-state index is 11.9. The van der Waals surface area contributed by atoms with E-state index in [1.807, 2.05) is 18.2 Å². The van der Waals surface area contributed by atoms with E-state index < -0.39 is 11.8 Å². The minimum absolute atomic E-state index is 0.162. The molecule has 0 aliphatic carbocycles. The summed E-state index contributed by atoms with van der Waals surface area (Å²) in [4.78, 5) is 25.5. The molecule has 2 amide bonds. The van der Waals surface area contributed by atoms with Crippen LogP contribution in [0.25, 0.3) is 0 Å². The van der Waals surface area contributed by atoms with Crippen LogP contribution in [-0.4, -0.2) is 43.0 Å². The predicted molar refractivity (Wildman–Crippen MR) is 77.7 cm³/mol. The van der Waals surface area contributed by atoms with Crippen molar-refractivity contribution in [3.8, 4) is 0 Å². The fraction of sp³-hybridized carbons (Fsp3) is 0.500. The Labute approximate surface area is 124 Å². The Morgan fingerprint density at radius 3 is 2.81 bits per heavy atom. The molecular formula is C16H20N2O3. The molecule has 5 nitrogen and oxygen atoms in total. The van der Waals surface area contributed by atoms with Gasteiger partial charge in [0.15, 0.2) is 0 Å². The highest BCUT2D eigenvalue weighted by Crippen LogP contribution is 2.26. The molecule has 0 bridgehead atoms. The van der Waals surface area contributed by atoms with Crippen LogP contribution in [0.4, 0.5) is 0 Å². The van der Waals surface area contributed by atoms with E-state index in [2.05, 4.69) is 11.4 Å². The van der Waals surface area contributed by atoms with E-state index in [1.54, 1.807) is 4.90 Å². The molecule has 0 aromatic heterocycles. The van der Waals surface area contributed by atoms with E-state index >= 15 is 0 Å². The van der Waals surface area contributed by atoms with Crippen LogP contribution in [0.15, 0.2) is 24.3 Å². The lowest BCUT2D eigenvalue weighted by atomic mass is 9.97. The summed E-state index contributed by atoms with van der Waals surface area (Å²) in [6.45, 7) is 2.37. The Kier molecular flexibility index (Phi) is 4.20. The molecule has 2 heterocycles. The molecule has 0 saturated carbocycles. The summed E-state index contributed by atoms with van der Waals surface area (Å²) in [6, 6.07) is 8.09. The second kappa shape index (κ2) is 6.26. The molecule has 1 saturated heterocycles. The van der Waals surface area contributed by atoms with Crippen molar-refractivity contribution in [3.05, 3.63) is 35.4 Å². The monoisotopic (exact) mass is 288 g/mol. The van der Waals surface area contributed by atoms with Gasteiger partial charge >= 0.3 is 11.8 Å². The van der Waals surface area contributed by atoms with Crippen LogP contribution in [0.1, 0.15) is 30.1 Å². The Balaban J connectivity index is 1.58. The first-order valence-electron chi connectivity index (χ1n) is 7.52. The zero-order valence-electron chi connectivity index (χ0n) is 12.0. The van der Waals surface area contributed by atoms with Gasteiger partial charge in [-0.25, -0.2) is 0 Å². The van der Waals surface area contributed by atoms with Crippen molar-refractivity contribution in [2.24, 2.45) is 0 Å². The quantitative estimate of drug-likeness (QED) is 0.827. The summed E-state index contributed by atoms with van der Waals surface area (Å²) < 4.78 is 5.72. The van der Waals surface area contributed by atoms with Gasteiger partial charge in [0.05, 0.1) is 6.61 Å². The molecule has 1 fully saturated rings. The van der Waals surface area contributed by atoms with Gasteiger partial charge in [-0.3, -0.25) is 9.59 Å². The summed E-state index contributed by atoms with van der Waals surface area (Å²) in [5, 5.41) is 2.71. The summed E-state index contributed by atoms with van der Waals surface area (Å²) in [6.07, 6.45) is 2.70. The second-order valence-corrected chi connectivity index (χ2v) is 5.52. The van der Waals surface area contributed by atoms with E-state index in [4.69, 9.17) is 4.74 Å². The SMILES string of the molecule is O=C(NCC1OCCc2ccccc21)C(=O)N1CCCC1. The molecular weight excluding hydrogens is 268 g/mol. The highest BCUT2D eigenvalue weighted by molar-refractivity contribution is 6.35. The molecule has 1 atom stereocenters. The number of nitrogens with zero attached hydrogens (tertiary/aromatic N) is 1. The molecule has 1 N–H and O–H groups in total. The lowest BCUT2D eigenvalue weighted by molar-refractivity contribution is -0.145. The lowest BCUT2D eigenvalue weighted by Gasteiger charge is -2.26. The molecule has 21 heavy (non-hydrogen) atoms. The molecule has 112 valence electrons. The minimum atomic E-state index is -0.524. The zero-order chi connectivity index (χ0) is 14.7. The van der Waals surface area contributed by atoms with Crippen LogP contribution in [0.2, 0.25) is 0 Å². The van der Waals surface area contributed by atoms with Gasteiger partial charge in [-0.15, -0.1) is 0 Å². The first-order chi connectivity index (χ1) is 10.3. The highest BCUT2D eigenvalue weighted by Gasteiger charge is 2.26. The summed E-state index contributed by atoms with van der Waals surface area (Å²) in [7, 11) is 0. The molecule has 1 aromatic rings. The van der Waals surface area contributed by atoms with E-state index in [0.29, 0.717) is 26.2 Å². The fourth-order valence-corrected chi connectivity index (χ4v) is 2.97. The van der Waals surface area contributed by atoms with Gasteiger partial charge in [0, 0.05) is 19.6 Å². The highest BCUT2D eigenvalue weighted by atomic mass is 16.5. The first-order valence-corrected chi connectivity index (χ1v) is 7.52. The van der Waals surface area contributed by atoms with Gasteiger partial charge in [0.25, 0.3) is 0 Å². The molecule has 2 aliphatic rings. The van der Waals surface area contributed by atoms with Crippen molar-refractivity contribution in [3.63, 3.8) is 0 Å². The number of hydrogen-bond donors (Lipinski definition) is 1. The van der Waals surface area contributed by atoms with Gasteiger partial charge in [-0.05, 0) is 30.4 Å². The average molecular weight is 288 g/mol. The maximum absolute atomic E-state index is 11.9. The second-order valence-electron chi connectivity index (χ2n) is 5.52. The van der Waals surface area contributed by atoms with Gasteiger partial charge < -0.3 is 15.0 Å². The third-order valence-corrected chi connectivity index (χ3v) is 4.13. The molecule has 5 heteroatoms. The fourth-order valence-electron chi connectivity index (χ4n) is 2.97. The van der Waals surface area contributed by atoms with E-state index in [-0.39, 0.29) is 6.10 Å². The molecule has 1 aromatic carbocycles. The number of rotatable bonds is 2. The summed E-state index contributed by atoms with van der Waals surface area (Å²) in [5.41, 5.74) is 2.37. The first kappa shape index (κ1) is 14.1. The van der Waals surface area contributed by atoms with Crippen molar-refractivity contribution in [2.75, 3.05) is 26.2 Å². The van der Waals surface area contributed by atoms with Crippen molar-refractivity contribution in [2.45, 2.75) is 25.4 Å². The minimum Gasteiger partial charge on any atom is -0.371 e. The van der Waals surface area contributed by atoms with E-state index in [0.717, 1.165) is 24.8 Å². The van der Waals surface area contributed by atoms with Crippen LogP contribution in [0.5, 0.6) is 0 Å². The number of fused-ring (bicyclic) bond motifs is 1. The number of carbonyl (C=O) groups excluding carboxylic acids is 2. The van der Waals surface area contributed by atoms with Crippen molar-refractivity contribution < 1.29 is 14.3 Å². The molecule has 1 unspecified atom stereocenters. The Hall–Kier alpha value is -1.88. The average Bonchev–Trinajstić information content (AvgIpc) is 3.06. The number of benzene rings is 1. The third-order valence-electron chi connectivity index (χ3n) is 4.13. The summed E-state index contributed by atoms with van der Waals surface area (Å²) >= 11 is 0.